The maximum Gasteiger partial charge on any atom is 0.249 e. The van der Waals surface area contributed by atoms with Crippen molar-refractivity contribution in [1.29, 1.82) is 0 Å². The molecule has 3 rings (SSSR count). The number of aromatic nitrogens is 2. The molecule has 0 spiro atoms. The van der Waals surface area contributed by atoms with Gasteiger partial charge in [-0.2, -0.15) is 0 Å². The summed E-state index contributed by atoms with van der Waals surface area (Å²) < 4.78 is 0.917. The number of nitrogens with zero attached hydrogens (tertiary/aromatic N) is 3. The molecule has 1 N–H and O–H groups in total. The number of halogens is 1. The average molecular weight is 347 g/mol. The van der Waals surface area contributed by atoms with Crippen molar-refractivity contribution in [2.24, 2.45) is 0 Å². The lowest BCUT2D eigenvalue weighted by atomic mass is 10.0. The summed E-state index contributed by atoms with van der Waals surface area (Å²) in [6.45, 7) is 0.733. The second-order valence-corrected chi connectivity index (χ2v) is 5.82. The molecule has 0 bridgehead atoms. The van der Waals surface area contributed by atoms with Crippen molar-refractivity contribution < 1.29 is 4.79 Å². The van der Waals surface area contributed by atoms with E-state index in [2.05, 4.69) is 31.2 Å². The fourth-order valence-corrected chi connectivity index (χ4v) is 2.65. The van der Waals surface area contributed by atoms with Crippen LogP contribution in [0.1, 0.15) is 12.8 Å². The molecule has 108 valence electrons. The van der Waals surface area contributed by atoms with Crippen molar-refractivity contribution in [2.75, 3.05) is 16.8 Å². The Morgan fingerprint density at radius 1 is 1.29 bits per heavy atom. The normalized spacial score (nSPS) is 18.6. The summed E-state index contributed by atoms with van der Waals surface area (Å²) in [4.78, 5) is 22.7. The third-order valence-corrected chi connectivity index (χ3v) is 3.91. The van der Waals surface area contributed by atoms with Gasteiger partial charge in [0, 0.05) is 23.4 Å². The Morgan fingerprint density at radius 2 is 2.19 bits per heavy atom. The van der Waals surface area contributed by atoms with Gasteiger partial charge in [-0.15, -0.1) is 0 Å². The zero-order valence-corrected chi connectivity index (χ0v) is 13.0. The molecular formula is C15H15BrN4O. The minimum Gasteiger partial charge on any atom is -0.358 e. The Kier molecular flexibility index (Phi) is 4.15. The minimum absolute atomic E-state index is 0.0685. The van der Waals surface area contributed by atoms with Crippen LogP contribution < -0.4 is 10.2 Å². The molecule has 3 heterocycles. The van der Waals surface area contributed by atoms with E-state index in [0.29, 0.717) is 5.82 Å². The molecule has 1 aliphatic rings. The van der Waals surface area contributed by atoms with Gasteiger partial charge in [0.15, 0.2) is 0 Å². The van der Waals surface area contributed by atoms with Gasteiger partial charge in [-0.25, -0.2) is 4.98 Å². The molecule has 1 unspecified atom stereocenters. The smallest absolute Gasteiger partial charge is 0.249 e. The summed E-state index contributed by atoms with van der Waals surface area (Å²) in [5.74, 6) is 0.781. The van der Waals surface area contributed by atoms with Gasteiger partial charge in [0.25, 0.3) is 0 Å². The molecule has 1 atom stereocenters. The quantitative estimate of drug-likeness (QED) is 0.928. The molecule has 1 aliphatic heterocycles. The fourth-order valence-electron chi connectivity index (χ4n) is 2.42. The molecule has 1 fully saturated rings. The number of pyridine rings is 2. The average Bonchev–Trinajstić information content (AvgIpc) is 2.52. The fraction of sp³-hybridized carbons (Fsp3) is 0.267. The highest BCUT2D eigenvalue weighted by atomic mass is 79.9. The van der Waals surface area contributed by atoms with E-state index in [-0.39, 0.29) is 11.9 Å². The summed E-state index contributed by atoms with van der Waals surface area (Å²) in [6, 6.07) is 7.27. The van der Waals surface area contributed by atoms with Gasteiger partial charge in [0.1, 0.15) is 11.9 Å². The zero-order valence-electron chi connectivity index (χ0n) is 11.4. The van der Waals surface area contributed by atoms with Gasteiger partial charge < -0.3 is 10.2 Å². The lowest BCUT2D eigenvalue weighted by Crippen LogP contribution is -2.47. The van der Waals surface area contributed by atoms with E-state index in [0.717, 1.165) is 29.5 Å². The molecule has 0 aromatic carbocycles. The van der Waals surface area contributed by atoms with Crippen LogP contribution in [0.25, 0.3) is 0 Å². The Labute approximate surface area is 131 Å². The Balaban J connectivity index is 1.74. The molecule has 0 aliphatic carbocycles. The molecule has 1 amide bonds. The van der Waals surface area contributed by atoms with Crippen LogP contribution in [0.15, 0.2) is 47.3 Å². The van der Waals surface area contributed by atoms with Crippen LogP contribution in [0.5, 0.6) is 0 Å². The summed E-state index contributed by atoms with van der Waals surface area (Å²) in [7, 11) is 0. The van der Waals surface area contributed by atoms with Crippen molar-refractivity contribution in [3.05, 3.63) is 47.3 Å². The molecule has 21 heavy (non-hydrogen) atoms. The highest BCUT2D eigenvalue weighted by Crippen LogP contribution is 2.22. The van der Waals surface area contributed by atoms with E-state index in [1.807, 2.05) is 24.3 Å². The molecule has 5 nitrogen and oxygen atoms in total. The van der Waals surface area contributed by atoms with E-state index in [4.69, 9.17) is 0 Å². The Hall–Kier alpha value is -1.95. The highest BCUT2D eigenvalue weighted by molar-refractivity contribution is 9.10. The van der Waals surface area contributed by atoms with Gasteiger partial charge in [0.05, 0.1) is 11.9 Å². The second kappa shape index (κ2) is 6.22. The van der Waals surface area contributed by atoms with E-state index in [9.17, 15) is 4.79 Å². The van der Waals surface area contributed by atoms with Crippen molar-refractivity contribution in [3.63, 3.8) is 0 Å². The van der Waals surface area contributed by atoms with Crippen LogP contribution in [-0.4, -0.2) is 28.5 Å². The van der Waals surface area contributed by atoms with Gasteiger partial charge in [-0.1, -0.05) is 0 Å². The molecule has 0 saturated carbocycles. The van der Waals surface area contributed by atoms with Gasteiger partial charge in [-0.05, 0) is 53.0 Å². The number of hydrogen-bond acceptors (Lipinski definition) is 4. The monoisotopic (exact) mass is 346 g/mol. The van der Waals surface area contributed by atoms with Crippen molar-refractivity contribution in [2.45, 2.75) is 18.9 Å². The highest BCUT2D eigenvalue weighted by Gasteiger charge is 2.29. The van der Waals surface area contributed by atoms with Gasteiger partial charge in [-0.3, -0.25) is 9.78 Å². The van der Waals surface area contributed by atoms with Crippen molar-refractivity contribution in [3.8, 4) is 0 Å². The number of carbonyl (C=O) groups excluding carboxylic acids is 1. The molecule has 2 aromatic heterocycles. The molecule has 2 aromatic rings. The lowest BCUT2D eigenvalue weighted by molar-refractivity contribution is -0.120. The first-order chi connectivity index (χ1) is 10.2. The lowest BCUT2D eigenvalue weighted by Gasteiger charge is -2.32. The maximum atomic E-state index is 12.6. The Morgan fingerprint density at radius 3 is 2.90 bits per heavy atom. The van der Waals surface area contributed by atoms with Crippen LogP contribution in [0.4, 0.5) is 11.5 Å². The third kappa shape index (κ3) is 3.21. The zero-order chi connectivity index (χ0) is 14.7. The standard InChI is InChI=1S/C15H15BrN4O/c16-11-5-6-14(18-9-11)19-13-4-2-8-20(15(13)21)12-3-1-7-17-10-12/h1,3,5-7,9-10,13H,2,4,8H2,(H,18,19). The topological polar surface area (TPSA) is 58.1 Å². The van der Waals surface area contributed by atoms with Crippen LogP contribution in [-0.2, 0) is 4.79 Å². The third-order valence-electron chi connectivity index (χ3n) is 3.45. The first-order valence-corrected chi connectivity index (χ1v) is 7.63. The van der Waals surface area contributed by atoms with Gasteiger partial charge in [0.2, 0.25) is 5.91 Å². The van der Waals surface area contributed by atoms with E-state index in [1.54, 1.807) is 23.5 Å². The van der Waals surface area contributed by atoms with Crippen LogP contribution in [0, 0.1) is 0 Å². The summed E-state index contributed by atoms with van der Waals surface area (Å²) in [5, 5.41) is 3.21. The molecule has 1 saturated heterocycles. The second-order valence-electron chi connectivity index (χ2n) is 4.90. The Bertz CT molecular complexity index is 617. The number of amides is 1. The van der Waals surface area contributed by atoms with Crippen LogP contribution in [0.3, 0.4) is 0 Å². The van der Waals surface area contributed by atoms with Gasteiger partial charge >= 0.3 is 0 Å². The first kappa shape index (κ1) is 14.0. The predicted octanol–water partition coefficient (Wildman–Crippen LogP) is 2.85. The number of rotatable bonds is 3. The van der Waals surface area contributed by atoms with Crippen LogP contribution in [0.2, 0.25) is 0 Å². The summed E-state index contributed by atoms with van der Waals surface area (Å²) in [5.41, 5.74) is 0.845. The summed E-state index contributed by atoms with van der Waals surface area (Å²) in [6.07, 6.45) is 6.91. The number of carbonyl (C=O) groups is 1. The summed E-state index contributed by atoms with van der Waals surface area (Å²) >= 11 is 3.35. The number of nitrogens with one attached hydrogen (secondary N) is 1. The van der Waals surface area contributed by atoms with E-state index >= 15 is 0 Å². The number of anilines is 2. The largest absolute Gasteiger partial charge is 0.358 e. The van der Waals surface area contributed by atoms with Crippen molar-refractivity contribution in [1.82, 2.24) is 9.97 Å². The van der Waals surface area contributed by atoms with E-state index in [1.165, 1.54) is 0 Å². The molecule has 6 heteroatoms. The van der Waals surface area contributed by atoms with E-state index < -0.39 is 0 Å². The number of hydrogen-bond donors (Lipinski definition) is 1. The molecular weight excluding hydrogens is 332 g/mol. The van der Waals surface area contributed by atoms with Crippen LogP contribution >= 0.6 is 15.9 Å². The molecule has 0 radical (unpaired) electrons. The first-order valence-electron chi connectivity index (χ1n) is 6.83. The maximum absolute atomic E-state index is 12.6. The number of piperidine rings is 1. The SMILES string of the molecule is O=C1C(Nc2ccc(Br)cn2)CCCN1c1cccnc1. The van der Waals surface area contributed by atoms with Crippen molar-refractivity contribution >= 4 is 33.3 Å². The predicted molar refractivity (Wildman–Crippen MR) is 85.2 cm³/mol. The minimum atomic E-state index is -0.243.